The van der Waals surface area contributed by atoms with Crippen molar-refractivity contribution in [3.63, 3.8) is 0 Å². The van der Waals surface area contributed by atoms with E-state index >= 15 is 0 Å². The summed E-state index contributed by atoms with van der Waals surface area (Å²) in [5, 5.41) is 9.60. The van der Waals surface area contributed by atoms with Gasteiger partial charge >= 0.3 is 6.03 Å². The molecular weight excluding hydrogens is 635 g/mol. The van der Waals surface area contributed by atoms with Crippen LogP contribution in [-0.2, 0) is 15.1 Å². The lowest BCUT2D eigenvalue weighted by Gasteiger charge is -2.43. The second-order valence-electron chi connectivity index (χ2n) is 11.4. The van der Waals surface area contributed by atoms with Crippen LogP contribution in [0.1, 0.15) is 25.1 Å². The average Bonchev–Trinajstić information content (AvgIpc) is 3.83. The van der Waals surface area contributed by atoms with Crippen molar-refractivity contribution in [2.75, 3.05) is 26.1 Å². The third-order valence-corrected chi connectivity index (χ3v) is 10.4. The van der Waals surface area contributed by atoms with E-state index in [1.54, 1.807) is 45.6 Å². The predicted octanol–water partition coefficient (Wildman–Crippen LogP) is 6.84. The lowest BCUT2D eigenvalue weighted by molar-refractivity contribution is -0.130. The summed E-state index contributed by atoms with van der Waals surface area (Å²) in [5.74, 6) is 1.38. The Bertz CT molecular complexity index is 1920. The van der Waals surface area contributed by atoms with Crippen molar-refractivity contribution >= 4 is 46.8 Å². The summed E-state index contributed by atoms with van der Waals surface area (Å²) in [6, 6.07) is 20.6. The van der Waals surface area contributed by atoms with E-state index in [1.807, 2.05) is 71.4 Å². The Balaban J connectivity index is 1.32. The molecule has 3 amide bonds. The second kappa shape index (κ2) is 13.0. The molecule has 2 N–H and O–H groups in total. The Morgan fingerprint density at radius 2 is 1.51 bits per heavy atom. The van der Waals surface area contributed by atoms with E-state index in [0.717, 1.165) is 44.9 Å². The number of thiophene rings is 2. The van der Waals surface area contributed by atoms with Crippen molar-refractivity contribution in [3.8, 4) is 44.3 Å². The van der Waals surface area contributed by atoms with E-state index in [4.69, 9.17) is 14.5 Å². The fourth-order valence-corrected chi connectivity index (χ4v) is 7.90. The monoisotopic (exact) mass is 667 g/mol. The Hall–Kier alpha value is -5.07. The van der Waals surface area contributed by atoms with Gasteiger partial charge in [0.05, 0.1) is 24.8 Å². The van der Waals surface area contributed by atoms with Gasteiger partial charge < -0.3 is 19.6 Å². The van der Waals surface area contributed by atoms with Gasteiger partial charge in [0, 0.05) is 29.6 Å². The summed E-state index contributed by atoms with van der Waals surface area (Å²) in [5.41, 5.74) is 1.69. The van der Waals surface area contributed by atoms with Crippen LogP contribution in [-0.4, -0.2) is 59.4 Å². The second-order valence-corrected chi connectivity index (χ2v) is 13.3. The van der Waals surface area contributed by atoms with Crippen molar-refractivity contribution < 1.29 is 23.9 Å². The Labute approximate surface area is 280 Å². The highest BCUT2D eigenvalue weighted by Gasteiger charge is 2.57. The summed E-state index contributed by atoms with van der Waals surface area (Å²) in [6.07, 6.45) is 2.61. The Morgan fingerprint density at radius 1 is 0.894 bits per heavy atom. The average molecular weight is 668 g/mol. The zero-order valence-corrected chi connectivity index (χ0v) is 27.9. The van der Waals surface area contributed by atoms with Gasteiger partial charge in [0.2, 0.25) is 5.95 Å². The number of rotatable bonds is 12. The first-order valence-corrected chi connectivity index (χ1v) is 16.6. The highest BCUT2D eigenvalue weighted by atomic mass is 32.1. The summed E-state index contributed by atoms with van der Waals surface area (Å²) in [6.45, 7) is 3.52. The number of hydrogen-bond acceptors (Lipinski definition) is 10. The minimum atomic E-state index is -1.48. The molecule has 0 spiro atoms. The van der Waals surface area contributed by atoms with Gasteiger partial charge in [0.15, 0.2) is 6.29 Å². The number of carbonyl (C=O) groups excluding carboxylic acids is 3. The summed E-state index contributed by atoms with van der Waals surface area (Å²) >= 11 is 2.94. The quantitative estimate of drug-likeness (QED) is 0.110. The molecule has 12 heteroatoms. The molecule has 2 aromatic carbocycles. The number of anilines is 1. The maximum Gasteiger partial charge on any atom is 0.326 e. The van der Waals surface area contributed by atoms with Crippen LogP contribution in [0, 0.1) is 0 Å². The number of imide groups is 1. The number of nitrogens with zero attached hydrogens (tertiary/aromatic N) is 3. The first-order valence-electron chi connectivity index (χ1n) is 14.9. The van der Waals surface area contributed by atoms with Crippen LogP contribution in [0.25, 0.3) is 32.8 Å². The number of nitrogens with one attached hydrogen (secondary N) is 2. The highest BCUT2D eigenvalue weighted by Crippen LogP contribution is 2.45. The molecule has 0 bridgehead atoms. The maximum atomic E-state index is 13.4. The van der Waals surface area contributed by atoms with Crippen LogP contribution < -0.4 is 20.1 Å². The molecular formula is C35H33N5O5S2. The van der Waals surface area contributed by atoms with Gasteiger partial charge in [-0.2, -0.15) is 0 Å². The Kier molecular flexibility index (Phi) is 8.80. The minimum absolute atomic E-state index is 0.147. The molecule has 1 unspecified atom stereocenters. The first kappa shape index (κ1) is 31.9. The predicted molar refractivity (Wildman–Crippen MR) is 184 cm³/mol. The van der Waals surface area contributed by atoms with E-state index in [1.165, 1.54) is 16.2 Å². The molecule has 10 nitrogen and oxygen atoms in total. The molecule has 3 aromatic heterocycles. The molecule has 4 heterocycles. The van der Waals surface area contributed by atoms with Gasteiger partial charge in [-0.3, -0.25) is 15.0 Å². The summed E-state index contributed by atoms with van der Waals surface area (Å²) in [7, 11) is 3.24. The van der Waals surface area contributed by atoms with Gasteiger partial charge in [-0.15, -0.1) is 22.7 Å². The fraction of sp³-hybridized carbons (Fsp3) is 0.229. The van der Waals surface area contributed by atoms with Crippen molar-refractivity contribution in [2.45, 2.75) is 31.3 Å². The van der Waals surface area contributed by atoms with E-state index in [-0.39, 0.29) is 13.0 Å². The number of ether oxygens (including phenoxy) is 2. The number of hydrogen-bond donors (Lipinski definition) is 2. The molecule has 1 aliphatic rings. The normalized spacial score (nSPS) is 15.2. The van der Waals surface area contributed by atoms with Gasteiger partial charge in [0.25, 0.3) is 5.91 Å². The topological polar surface area (TPSA) is 123 Å². The number of methoxy groups -OCH3 is 2. The van der Waals surface area contributed by atoms with Crippen molar-refractivity contribution in [2.24, 2.45) is 0 Å². The lowest BCUT2D eigenvalue weighted by Crippen LogP contribution is -2.58. The molecule has 0 saturated carbocycles. The molecule has 1 saturated heterocycles. The number of aromatic nitrogens is 2. The zero-order valence-electron chi connectivity index (χ0n) is 26.3. The van der Waals surface area contributed by atoms with Crippen LogP contribution in [0.3, 0.4) is 0 Å². The summed E-state index contributed by atoms with van der Waals surface area (Å²) < 4.78 is 10.6. The van der Waals surface area contributed by atoms with Crippen LogP contribution >= 0.6 is 22.7 Å². The SMILES string of the molecule is COc1ccc(-c2ccsc2-c2ccnc(NCCC(C=O)(c3sccc3-c3ccc(OC)cc3)N3C(=O)NC(=O)C3(C)C)n2)cc1. The maximum absolute atomic E-state index is 13.4. The number of benzene rings is 2. The summed E-state index contributed by atoms with van der Waals surface area (Å²) in [4.78, 5) is 52.0. The number of amides is 3. The molecule has 1 atom stereocenters. The molecule has 6 rings (SSSR count). The molecule has 1 aliphatic heterocycles. The van der Waals surface area contributed by atoms with Crippen LogP contribution in [0.4, 0.5) is 10.7 Å². The molecule has 47 heavy (non-hydrogen) atoms. The molecule has 0 aliphatic carbocycles. The molecule has 0 radical (unpaired) electrons. The van der Waals surface area contributed by atoms with E-state index in [2.05, 4.69) is 21.7 Å². The van der Waals surface area contributed by atoms with Gasteiger partial charge in [-0.25, -0.2) is 14.8 Å². The van der Waals surface area contributed by atoms with E-state index < -0.39 is 23.0 Å². The Morgan fingerprint density at radius 3 is 2.11 bits per heavy atom. The van der Waals surface area contributed by atoms with Crippen molar-refractivity contribution in [1.82, 2.24) is 20.2 Å². The molecule has 240 valence electrons. The zero-order chi connectivity index (χ0) is 33.2. The largest absolute Gasteiger partial charge is 0.497 e. The number of carbonyl (C=O) groups is 3. The van der Waals surface area contributed by atoms with Crippen LogP contribution in [0.5, 0.6) is 11.5 Å². The fourth-order valence-electron chi connectivity index (χ4n) is 5.92. The molecule has 5 aromatic rings. The smallest absolute Gasteiger partial charge is 0.326 e. The van der Waals surface area contributed by atoms with Gasteiger partial charge in [0.1, 0.15) is 22.6 Å². The highest BCUT2D eigenvalue weighted by molar-refractivity contribution is 7.14. The van der Waals surface area contributed by atoms with Gasteiger partial charge in [-0.05, 0) is 83.8 Å². The van der Waals surface area contributed by atoms with Gasteiger partial charge in [-0.1, -0.05) is 24.3 Å². The number of urea groups is 1. The van der Waals surface area contributed by atoms with Crippen LogP contribution in [0.2, 0.25) is 0 Å². The van der Waals surface area contributed by atoms with E-state index in [0.29, 0.717) is 16.6 Å². The third-order valence-electron chi connectivity index (χ3n) is 8.34. The van der Waals surface area contributed by atoms with Crippen molar-refractivity contribution in [1.29, 1.82) is 0 Å². The minimum Gasteiger partial charge on any atom is -0.497 e. The molecule has 1 fully saturated rings. The van der Waals surface area contributed by atoms with E-state index in [9.17, 15) is 14.4 Å². The van der Waals surface area contributed by atoms with Crippen molar-refractivity contribution in [3.05, 3.63) is 88.6 Å². The standard InChI is InChI=1S/C35H33N5O5S2/c1-34(2)31(42)39-33(43)40(34)35(21-41,30-27(15-20-47-30)23-7-11-25(45-4)12-8-23)16-18-37-32-36-17-13-28(38-32)29-26(14-19-46-29)22-5-9-24(44-3)10-6-22/h5-15,17,19-21H,16,18H2,1-4H3,(H,36,37,38)(H,39,42,43). The number of aldehydes is 1. The first-order chi connectivity index (χ1) is 22.7. The lowest BCUT2D eigenvalue weighted by atomic mass is 9.85. The van der Waals surface area contributed by atoms with Crippen LogP contribution in [0.15, 0.2) is 83.7 Å². The third kappa shape index (κ3) is 5.85.